The molecule has 0 bridgehead atoms. The van der Waals surface area contributed by atoms with Crippen molar-refractivity contribution in [2.75, 3.05) is 20.0 Å². The zero-order valence-electron chi connectivity index (χ0n) is 6.64. The summed E-state index contributed by atoms with van der Waals surface area (Å²) in [4.78, 5) is 0. The fourth-order valence-electron chi connectivity index (χ4n) is 0.496. The van der Waals surface area contributed by atoms with Crippen LogP contribution in [-0.2, 0) is 9.47 Å². The molecule has 0 heterocycles. The molecule has 2 nitrogen and oxygen atoms in total. The van der Waals surface area contributed by atoms with Crippen LogP contribution in [0.15, 0.2) is 12.7 Å². The Labute approximate surface area is 62.8 Å². The van der Waals surface area contributed by atoms with Gasteiger partial charge in [0.25, 0.3) is 0 Å². The summed E-state index contributed by atoms with van der Waals surface area (Å²) in [5.74, 6) is 0. The molecule has 0 aromatic carbocycles. The minimum atomic E-state index is 0.395. The van der Waals surface area contributed by atoms with Crippen molar-refractivity contribution in [1.29, 1.82) is 0 Å². The molecular weight excluding hydrogens is 128 g/mol. The lowest BCUT2D eigenvalue weighted by atomic mass is 10.4. The quantitative estimate of drug-likeness (QED) is 0.309. The Balaban J connectivity index is 2.70. The number of hydrogen-bond acceptors (Lipinski definition) is 2. The monoisotopic (exact) mass is 144 g/mol. The van der Waals surface area contributed by atoms with Crippen molar-refractivity contribution in [3.8, 4) is 0 Å². The molecule has 0 atom stereocenters. The van der Waals surface area contributed by atoms with Crippen LogP contribution in [0, 0.1) is 0 Å². The van der Waals surface area contributed by atoms with Gasteiger partial charge in [-0.05, 0) is 6.42 Å². The van der Waals surface area contributed by atoms with Gasteiger partial charge in [0.2, 0.25) is 0 Å². The van der Waals surface area contributed by atoms with E-state index in [1.54, 1.807) is 6.08 Å². The van der Waals surface area contributed by atoms with E-state index in [4.69, 9.17) is 9.47 Å². The third-order valence-corrected chi connectivity index (χ3v) is 1.04. The van der Waals surface area contributed by atoms with Crippen LogP contribution >= 0.6 is 0 Å². The molecule has 0 saturated carbocycles. The molecule has 0 spiro atoms. The van der Waals surface area contributed by atoms with E-state index in [2.05, 4.69) is 13.5 Å². The molecule has 10 heavy (non-hydrogen) atoms. The van der Waals surface area contributed by atoms with Crippen LogP contribution in [0.25, 0.3) is 0 Å². The lowest BCUT2D eigenvalue weighted by Gasteiger charge is -2.01. The maximum Gasteiger partial charge on any atom is 0.147 e. The Morgan fingerprint density at radius 1 is 1.40 bits per heavy atom. The molecular formula is C8H16O2. The number of ether oxygens (including phenoxy) is 2. The molecule has 0 saturated heterocycles. The molecule has 0 aromatic heterocycles. The Hall–Kier alpha value is -0.340. The molecule has 0 rings (SSSR count). The standard InChI is InChI=1S/C8H16O2/c1-3-5-7-10-8-9-6-4-2/h4H,2-3,5-8H2,1H3. The molecule has 0 N–H and O–H groups in total. The molecule has 0 amide bonds. The third-order valence-electron chi connectivity index (χ3n) is 1.04. The Kier molecular flexibility index (Phi) is 8.37. The summed E-state index contributed by atoms with van der Waals surface area (Å²) in [6, 6.07) is 0. The molecule has 0 radical (unpaired) electrons. The highest BCUT2D eigenvalue weighted by molar-refractivity contribution is 4.62. The fraction of sp³-hybridized carbons (Fsp3) is 0.750. The molecule has 0 aliphatic carbocycles. The van der Waals surface area contributed by atoms with Gasteiger partial charge in [-0.1, -0.05) is 19.4 Å². The van der Waals surface area contributed by atoms with Crippen LogP contribution in [0.5, 0.6) is 0 Å². The maximum atomic E-state index is 5.11. The summed E-state index contributed by atoms with van der Waals surface area (Å²) in [7, 11) is 0. The highest BCUT2D eigenvalue weighted by Crippen LogP contribution is 1.87. The van der Waals surface area contributed by atoms with Gasteiger partial charge in [0.05, 0.1) is 6.61 Å². The van der Waals surface area contributed by atoms with E-state index >= 15 is 0 Å². The summed E-state index contributed by atoms with van der Waals surface area (Å²) in [5.41, 5.74) is 0. The highest BCUT2D eigenvalue weighted by Gasteiger charge is 1.84. The van der Waals surface area contributed by atoms with E-state index in [9.17, 15) is 0 Å². The average Bonchev–Trinajstić information content (AvgIpc) is 1.97. The van der Waals surface area contributed by atoms with Crippen LogP contribution < -0.4 is 0 Å². The molecule has 2 heteroatoms. The first-order valence-corrected chi connectivity index (χ1v) is 3.68. The van der Waals surface area contributed by atoms with E-state index in [0.29, 0.717) is 13.4 Å². The van der Waals surface area contributed by atoms with Crippen molar-refractivity contribution < 1.29 is 9.47 Å². The van der Waals surface area contributed by atoms with Crippen molar-refractivity contribution in [3.05, 3.63) is 12.7 Å². The Bertz CT molecular complexity index is 71.7. The van der Waals surface area contributed by atoms with Gasteiger partial charge in [-0.3, -0.25) is 0 Å². The SMILES string of the molecule is C=CCOCOCCCC. The van der Waals surface area contributed by atoms with E-state index < -0.39 is 0 Å². The molecule has 0 fully saturated rings. The first-order valence-electron chi connectivity index (χ1n) is 3.68. The second kappa shape index (κ2) is 8.66. The van der Waals surface area contributed by atoms with Crippen molar-refractivity contribution in [2.24, 2.45) is 0 Å². The second-order valence-electron chi connectivity index (χ2n) is 2.04. The first-order chi connectivity index (χ1) is 4.91. The lowest BCUT2D eigenvalue weighted by Crippen LogP contribution is -2.00. The van der Waals surface area contributed by atoms with Crippen molar-refractivity contribution in [3.63, 3.8) is 0 Å². The van der Waals surface area contributed by atoms with Gasteiger partial charge in [-0.15, -0.1) is 6.58 Å². The summed E-state index contributed by atoms with van der Waals surface area (Å²) >= 11 is 0. The van der Waals surface area contributed by atoms with Gasteiger partial charge in [-0.2, -0.15) is 0 Å². The molecule has 0 aliphatic rings. The minimum Gasteiger partial charge on any atom is -0.355 e. The normalized spacial score (nSPS) is 9.70. The Morgan fingerprint density at radius 3 is 2.80 bits per heavy atom. The average molecular weight is 144 g/mol. The van der Waals surface area contributed by atoms with Crippen LogP contribution in [0.4, 0.5) is 0 Å². The summed E-state index contributed by atoms with van der Waals surface area (Å²) in [5, 5.41) is 0. The number of rotatable bonds is 7. The first kappa shape index (κ1) is 9.66. The van der Waals surface area contributed by atoms with E-state index in [1.807, 2.05) is 0 Å². The number of unbranched alkanes of at least 4 members (excludes halogenated alkanes) is 1. The maximum absolute atomic E-state index is 5.11. The summed E-state index contributed by atoms with van der Waals surface area (Å²) in [6.07, 6.45) is 3.99. The van der Waals surface area contributed by atoms with Crippen LogP contribution in [0.2, 0.25) is 0 Å². The van der Waals surface area contributed by atoms with E-state index in [0.717, 1.165) is 13.0 Å². The van der Waals surface area contributed by atoms with E-state index in [-0.39, 0.29) is 0 Å². The van der Waals surface area contributed by atoms with Gasteiger partial charge in [0.15, 0.2) is 0 Å². The van der Waals surface area contributed by atoms with Gasteiger partial charge in [0.1, 0.15) is 6.79 Å². The third kappa shape index (κ3) is 7.66. The molecule has 0 unspecified atom stereocenters. The largest absolute Gasteiger partial charge is 0.355 e. The van der Waals surface area contributed by atoms with Gasteiger partial charge in [-0.25, -0.2) is 0 Å². The van der Waals surface area contributed by atoms with Gasteiger partial charge >= 0.3 is 0 Å². The lowest BCUT2D eigenvalue weighted by molar-refractivity contribution is -0.0445. The minimum absolute atomic E-state index is 0.395. The second-order valence-corrected chi connectivity index (χ2v) is 2.04. The van der Waals surface area contributed by atoms with Crippen LogP contribution in [0.1, 0.15) is 19.8 Å². The van der Waals surface area contributed by atoms with Crippen molar-refractivity contribution in [1.82, 2.24) is 0 Å². The van der Waals surface area contributed by atoms with E-state index in [1.165, 1.54) is 6.42 Å². The Morgan fingerprint density at radius 2 is 2.20 bits per heavy atom. The predicted molar refractivity (Wildman–Crippen MR) is 41.9 cm³/mol. The predicted octanol–water partition coefficient (Wildman–Crippen LogP) is 1.96. The van der Waals surface area contributed by atoms with Gasteiger partial charge in [0, 0.05) is 6.61 Å². The zero-order valence-corrected chi connectivity index (χ0v) is 6.64. The summed E-state index contributed by atoms with van der Waals surface area (Å²) in [6.45, 7) is 7.42. The highest BCUT2D eigenvalue weighted by atomic mass is 16.7. The van der Waals surface area contributed by atoms with Crippen LogP contribution in [0.3, 0.4) is 0 Å². The summed E-state index contributed by atoms with van der Waals surface area (Å²) < 4.78 is 10.1. The molecule has 60 valence electrons. The molecule has 0 aromatic rings. The smallest absolute Gasteiger partial charge is 0.147 e. The molecule has 0 aliphatic heterocycles. The van der Waals surface area contributed by atoms with Crippen molar-refractivity contribution in [2.45, 2.75) is 19.8 Å². The number of hydrogen-bond donors (Lipinski definition) is 0. The fourth-order valence-corrected chi connectivity index (χ4v) is 0.496. The van der Waals surface area contributed by atoms with Crippen LogP contribution in [-0.4, -0.2) is 20.0 Å². The topological polar surface area (TPSA) is 18.5 Å². The zero-order chi connectivity index (χ0) is 7.66. The van der Waals surface area contributed by atoms with Gasteiger partial charge < -0.3 is 9.47 Å². The van der Waals surface area contributed by atoms with Crippen molar-refractivity contribution >= 4 is 0 Å².